The molecule has 4 nitrogen and oxygen atoms in total. The average molecular weight is 200 g/mol. The van der Waals surface area contributed by atoms with E-state index in [9.17, 15) is 4.79 Å². The monoisotopic (exact) mass is 200 g/mol. The van der Waals surface area contributed by atoms with Crippen LogP contribution in [0.2, 0.25) is 0 Å². The van der Waals surface area contributed by atoms with E-state index in [1.165, 1.54) is 0 Å². The van der Waals surface area contributed by atoms with Crippen molar-refractivity contribution in [3.63, 3.8) is 0 Å². The van der Waals surface area contributed by atoms with Crippen molar-refractivity contribution < 1.29 is 9.53 Å². The quantitative estimate of drug-likeness (QED) is 0.661. The van der Waals surface area contributed by atoms with E-state index >= 15 is 0 Å². The molecule has 1 rings (SSSR count). The van der Waals surface area contributed by atoms with Gasteiger partial charge in [-0.15, -0.1) is 0 Å². The molecule has 1 saturated heterocycles. The number of amides is 1. The van der Waals surface area contributed by atoms with Crippen molar-refractivity contribution in [3.05, 3.63) is 0 Å². The Hall–Kier alpha value is -0.610. The number of morpholine rings is 1. The van der Waals surface area contributed by atoms with Crippen LogP contribution in [0.3, 0.4) is 0 Å². The molecule has 1 aliphatic heterocycles. The Morgan fingerprint density at radius 2 is 2.43 bits per heavy atom. The second kappa shape index (κ2) is 5.98. The van der Waals surface area contributed by atoms with Gasteiger partial charge in [0.15, 0.2) is 0 Å². The van der Waals surface area contributed by atoms with Crippen LogP contribution in [0.5, 0.6) is 0 Å². The van der Waals surface area contributed by atoms with Crippen molar-refractivity contribution in [1.29, 1.82) is 0 Å². The van der Waals surface area contributed by atoms with Gasteiger partial charge in [-0.3, -0.25) is 4.79 Å². The second-order valence-electron chi connectivity index (χ2n) is 3.62. The molecule has 1 amide bonds. The molecule has 82 valence electrons. The van der Waals surface area contributed by atoms with Crippen molar-refractivity contribution in [1.82, 2.24) is 10.2 Å². The van der Waals surface area contributed by atoms with Gasteiger partial charge in [0.25, 0.3) is 0 Å². The molecule has 1 fully saturated rings. The van der Waals surface area contributed by atoms with Gasteiger partial charge in [0.05, 0.1) is 12.7 Å². The summed E-state index contributed by atoms with van der Waals surface area (Å²) < 4.78 is 5.37. The first-order valence-electron chi connectivity index (χ1n) is 5.34. The molecule has 1 aliphatic rings. The maximum atomic E-state index is 11.6. The summed E-state index contributed by atoms with van der Waals surface area (Å²) in [6, 6.07) is 0. The van der Waals surface area contributed by atoms with Gasteiger partial charge in [-0.1, -0.05) is 6.92 Å². The highest BCUT2D eigenvalue weighted by atomic mass is 16.5. The van der Waals surface area contributed by atoms with Gasteiger partial charge in [-0.05, 0) is 13.5 Å². The van der Waals surface area contributed by atoms with E-state index < -0.39 is 0 Å². The molecule has 0 spiro atoms. The van der Waals surface area contributed by atoms with E-state index in [4.69, 9.17) is 4.74 Å². The van der Waals surface area contributed by atoms with Gasteiger partial charge in [-0.25, -0.2) is 0 Å². The zero-order chi connectivity index (χ0) is 10.4. The number of nitrogens with zero attached hydrogens (tertiary/aromatic N) is 1. The van der Waals surface area contributed by atoms with Crippen molar-refractivity contribution in [2.24, 2.45) is 0 Å². The maximum absolute atomic E-state index is 11.6. The molecule has 1 atom stereocenters. The van der Waals surface area contributed by atoms with Gasteiger partial charge in [0.1, 0.15) is 0 Å². The van der Waals surface area contributed by atoms with Crippen molar-refractivity contribution >= 4 is 5.91 Å². The third kappa shape index (κ3) is 3.64. The number of hydrogen-bond acceptors (Lipinski definition) is 3. The lowest BCUT2D eigenvalue weighted by atomic mass is 10.2. The van der Waals surface area contributed by atoms with Gasteiger partial charge < -0.3 is 15.0 Å². The minimum Gasteiger partial charge on any atom is -0.375 e. The third-order valence-electron chi connectivity index (χ3n) is 2.36. The standard InChI is InChI=1S/C10H20N2O2/c1-3-11-5-4-10(13)12-6-7-14-9(2)8-12/h9,11H,3-8H2,1-2H3. The van der Waals surface area contributed by atoms with Gasteiger partial charge in [0.2, 0.25) is 5.91 Å². The maximum Gasteiger partial charge on any atom is 0.224 e. The first-order chi connectivity index (χ1) is 6.74. The van der Waals surface area contributed by atoms with Crippen LogP contribution in [0.15, 0.2) is 0 Å². The lowest BCUT2D eigenvalue weighted by molar-refractivity contribution is -0.138. The Balaban J connectivity index is 2.22. The summed E-state index contributed by atoms with van der Waals surface area (Å²) in [7, 11) is 0. The van der Waals surface area contributed by atoms with Crippen LogP contribution in [0.1, 0.15) is 20.3 Å². The Labute approximate surface area is 85.6 Å². The van der Waals surface area contributed by atoms with Crippen molar-refractivity contribution in [2.45, 2.75) is 26.4 Å². The molecule has 14 heavy (non-hydrogen) atoms. The molecule has 0 aromatic heterocycles. The fourth-order valence-electron chi connectivity index (χ4n) is 1.58. The Morgan fingerprint density at radius 1 is 1.64 bits per heavy atom. The lowest BCUT2D eigenvalue weighted by Crippen LogP contribution is -2.45. The summed E-state index contributed by atoms with van der Waals surface area (Å²) in [5.74, 6) is 0.237. The second-order valence-corrected chi connectivity index (χ2v) is 3.62. The highest BCUT2D eigenvalue weighted by Crippen LogP contribution is 2.05. The van der Waals surface area contributed by atoms with E-state index in [0.717, 1.165) is 26.2 Å². The smallest absolute Gasteiger partial charge is 0.224 e. The van der Waals surface area contributed by atoms with Gasteiger partial charge >= 0.3 is 0 Å². The van der Waals surface area contributed by atoms with Crippen molar-refractivity contribution in [3.8, 4) is 0 Å². The first-order valence-corrected chi connectivity index (χ1v) is 5.34. The topological polar surface area (TPSA) is 41.6 Å². The summed E-state index contributed by atoms with van der Waals surface area (Å²) in [6.07, 6.45) is 0.785. The molecule has 0 saturated carbocycles. The fraction of sp³-hybridized carbons (Fsp3) is 0.900. The molecule has 0 aromatic rings. The molecular formula is C10H20N2O2. The molecule has 1 heterocycles. The summed E-state index contributed by atoms with van der Waals surface area (Å²) in [5.41, 5.74) is 0. The zero-order valence-corrected chi connectivity index (χ0v) is 9.08. The van der Waals surface area contributed by atoms with Crippen LogP contribution in [0.25, 0.3) is 0 Å². The number of nitrogens with one attached hydrogen (secondary N) is 1. The van der Waals surface area contributed by atoms with E-state index in [1.807, 2.05) is 18.7 Å². The summed E-state index contributed by atoms with van der Waals surface area (Å²) >= 11 is 0. The summed E-state index contributed by atoms with van der Waals surface area (Å²) in [6.45, 7) is 7.91. The predicted octanol–water partition coefficient (Wildman–Crippen LogP) is 0.233. The highest BCUT2D eigenvalue weighted by Gasteiger charge is 2.20. The molecule has 0 bridgehead atoms. The normalized spacial score (nSPS) is 22.4. The molecule has 1 unspecified atom stereocenters. The van der Waals surface area contributed by atoms with E-state index in [-0.39, 0.29) is 12.0 Å². The summed E-state index contributed by atoms with van der Waals surface area (Å²) in [5, 5.41) is 3.15. The van der Waals surface area contributed by atoms with Crippen molar-refractivity contribution in [2.75, 3.05) is 32.8 Å². The van der Waals surface area contributed by atoms with Crippen LogP contribution in [0.4, 0.5) is 0 Å². The van der Waals surface area contributed by atoms with Crippen LogP contribution in [-0.2, 0) is 9.53 Å². The number of rotatable bonds is 4. The van der Waals surface area contributed by atoms with Crippen LogP contribution in [0, 0.1) is 0 Å². The Bertz CT molecular complexity index is 185. The predicted molar refractivity (Wildman–Crippen MR) is 55.2 cm³/mol. The molecular weight excluding hydrogens is 180 g/mol. The number of carbonyl (C=O) groups is 1. The number of ether oxygens (including phenoxy) is 1. The van der Waals surface area contributed by atoms with Crippen LogP contribution >= 0.6 is 0 Å². The van der Waals surface area contributed by atoms with E-state index in [0.29, 0.717) is 13.0 Å². The molecule has 0 aromatic carbocycles. The SMILES string of the molecule is CCNCCC(=O)N1CCOC(C)C1. The van der Waals surface area contributed by atoms with Crippen LogP contribution < -0.4 is 5.32 Å². The molecule has 0 aliphatic carbocycles. The lowest BCUT2D eigenvalue weighted by Gasteiger charge is -2.31. The Morgan fingerprint density at radius 3 is 3.07 bits per heavy atom. The fourth-order valence-corrected chi connectivity index (χ4v) is 1.58. The van der Waals surface area contributed by atoms with Gasteiger partial charge in [-0.2, -0.15) is 0 Å². The minimum absolute atomic E-state index is 0.187. The molecule has 1 N–H and O–H groups in total. The Kier molecular flexibility index (Phi) is 4.90. The molecule has 4 heteroatoms. The largest absolute Gasteiger partial charge is 0.375 e. The number of hydrogen-bond donors (Lipinski definition) is 1. The van der Waals surface area contributed by atoms with E-state index in [1.54, 1.807) is 0 Å². The molecule has 0 radical (unpaired) electrons. The van der Waals surface area contributed by atoms with E-state index in [2.05, 4.69) is 5.32 Å². The number of carbonyl (C=O) groups excluding carboxylic acids is 1. The van der Waals surface area contributed by atoms with Crippen LogP contribution in [-0.4, -0.2) is 49.7 Å². The summed E-state index contributed by atoms with van der Waals surface area (Å²) in [4.78, 5) is 13.5. The van der Waals surface area contributed by atoms with Gasteiger partial charge in [0, 0.05) is 26.1 Å². The third-order valence-corrected chi connectivity index (χ3v) is 2.36. The minimum atomic E-state index is 0.187. The first kappa shape index (κ1) is 11.5. The average Bonchev–Trinajstić information content (AvgIpc) is 2.18. The highest BCUT2D eigenvalue weighted by molar-refractivity contribution is 5.76. The zero-order valence-electron chi connectivity index (χ0n) is 9.08.